The summed E-state index contributed by atoms with van der Waals surface area (Å²) in [5, 5.41) is 12.4. The molecule has 0 aliphatic rings. The lowest BCUT2D eigenvalue weighted by Crippen LogP contribution is -1.99. The third-order valence-corrected chi connectivity index (χ3v) is 3.42. The van der Waals surface area contributed by atoms with Crippen LogP contribution in [0.2, 0.25) is 0 Å². The highest BCUT2D eigenvalue weighted by Crippen LogP contribution is 2.08. The molecule has 5 nitrogen and oxygen atoms in total. The molecular formula is C19H19N5. The van der Waals surface area contributed by atoms with Crippen molar-refractivity contribution in [3.05, 3.63) is 83.7 Å². The number of nitrogens with zero attached hydrogens (tertiary/aromatic N) is 4. The van der Waals surface area contributed by atoms with Crippen LogP contribution in [-0.2, 0) is 6.54 Å². The van der Waals surface area contributed by atoms with Gasteiger partial charge in [-0.25, -0.2) is 4.68 Å². The Bertz CT molecular complexity index is 816. The van der Waals surface area contributed by atoms with E-state index in [-0.39, 0.29) is 0 Å². The lowest BCUT2D eigenvalue weighted by atomic mass is 10.2. The number of hydrazone groups is 1. The fourth-order valence-corrected chi connectivity index (χ4v) is 2.16. The van der Waals surface area contributed by atoms with E-state index in [0.717, 1.165) is 11.4 Å². The van der Waals surface area contributed by atoms with Crippen molar-refractivity contribution in [3.8, 4) is 0 Å². The first kappa shape index (κ1) is 15.7. The fourth-order valence-electron chi connectivity index (χ4n) is 2.16. The van der Waals surface area contributed by atoms with E-state index in [0.29, 0.717) is 6.54 Å². The molecule has 0 fully saturated rings. The number of nitrogens with one attached hydrogen (secondary N) is 1. The highest BCUT2D eigenvalue weighted by atomic mass is 15.4. The Balaban J connectivity index is 1.51. The maximum atomic E-state index is 4.14. The summed E-state index contributed by atoms with van der Waals surface area (Å²) in [6.45, 7) is 2.77. The molecule has 0 saturated carbocycles. The minimum atomic E-state index is 0.713. The molecule has 0 aliphatic carbocycles. The molecule has 0 saturated heterocycles. The summed E-state index contributed by atoms with van der Waals surface area (Å²) in [7, 11) is 0. The van der Waals surface area contributed by atoms with Gasteiger partial charge in [0.15, 0.2) is 0 Å². The van der Waals surface area contributed by atoms with E-state index < -0.39 is 0 Å². The van der Waals surface area contributed by atoms with E-state index in [9.17, 15) is 0 Å². The van der Waals surface area contributed by atoms with Crippen LogP contribution in [0, 0.1) is 6.92 Å². The van der Waals surface area contributed by atoms with E-state index in [2.05, 4.69) is 39.9 Å². The first-order valence-electron chi connectivity index (χ1n) is 7.76. The van der Waals surface area contributed by atoms with Crippen LogP contribution in [-0.4, -0.2) is 21.2 Å². The topological polar surface area (TPSA) is 55.1 Å². The summed E-state index contributed by atoms with van der Waals surface area (Å²) >= 11 is 0. The van der Waals surface area contributed by atoms with Crippen molar-refractivity contribution in [2.24, 2.45) is 5.10 Å². The minimum absolute atomic E-state index is 0.713. The van der Waals surface area contributed by atoms with Crippen molar-refractivity contribution in [2.75, 3.05) is 5.43 Å². The maximum Gasteiger partial charge on any atom is 0.105 e. The Labute approximate surface area is 141 Å². The molecule has 0 unspecified atom stereocenters. The second-order valence-corrected chi connectivity index (χ2v) is 5.44. The Morgan fingerprint density at radius 3 is 2.67 bits per heavy atom. The molecule has 0 amide bonds. The SMILES string of the molecule is Cc1ccc(N/N=C\C=C\c2cn(Cc3ccccc3)nn2)cc1. The van der Waals surface area contributed by atoms with Gasteiger partial charge in [-0.3, -0.25) is 5.43 Å². The van der Waals surface area contributed by atoms with Crippen LogP contribution < -0.4 is 5.43 Å². The van der Waals surface area contributed by atoms with E-state index in [1.807, 2.05) is 65.5 Å². The van der Waals surface area contributed by atoms with Gasteiger partial charge in [0.25, 0.3) is 0 Å². The maximum absolute atomic E-state index is 4.14. The Kier molecular flexibility index (Phi) is 5.14. The summed E-state index contributed by atoms with van der Waals surface area (Å²) < 4.78 is 1.82. The summed E-state index contributed by atoms with van der Waals surface area (Å²) in [4.78, 5) is 0. The monoisotopic (exact) mass is 317 g/mol. The molecule has 0 aliphatic heterocycles. The minimum Gasteiger partial charge on any atom is -0.279 e. The average molecular weight is 317 g/mol. The van der Waals surface area contributed by atoms with Gasteiger partial charge in [0.1, 0.15) is 5.69 Å². The van der Waals surface area contributed by atoms with Crippen LogP contribution in [0.15, 0.2) is 72.0 Å². The van der Waals surface area contributed by atoms with E-state index in [4.69, 9.17) is 0 Å². The van der Waals surface area contributed by atoms with Crippen molar-refractivity contribution < 1.29 is 0 Å². The zero-order valence-corrected chi connectivity index (χ0v) is 13.5. The molecule has 1 aromatic heterocycles. The molecule has 2 aromatic carbocycles. The largest absolute Gasteiger partial charge is 0.279 e. The summed E-state index contributed by atoms with van der Waals surface area (Å²) in [6, 6.07) is 18.2. The number of hydrogen-bond donors (Lipinski definition) is 1. The Morgan fingerprint density at radius 1 is 1.08 bits per heavy atom. The van der Waals surface area contributed by atoms with Crippen molar-refractivity contribution in [2.45, 2.75) is 13.5 Å². The number of rotatable bonds is 6. The van der Waals surface area contributed by atoms with Gasteiger partial charge >= 0.3 is 0 Å². The van der Waals surface area contributed by atoms with Gasteiger partial charge < -0.3 is 0 Å². The van der Waals surface area contributed by atoms with Gasteiger partial charge in [-0.15, -0.1) is 5.10 Å². The third kappa shape index (κ3) is 4.64. The van der Waals surface area contributed by atoms with Crippen LogP contribution in [0.5, 0.6) is 0 Å². The second kappa shape index (κ2) is 7.87. The molecule has 3 rings (SSSR count). The van der Waals surface area contributed by atoms with Crippen molar-refractivity contribution >= 4 is 18.0 Å². The van der Waals surface area contributed by atoms with Crippen LogP contribution in [0.25, 0.3) is 6.08 Å². The van der Waals surface area contributed by atoms with Crippen molar-refractivity contribution in [3.63, 3.8) is 0 Å². The molecule has 0 atom stereocenters. The number of anilines is 1. The molecule has 120 valence electrons. The van der Waals surface area contributed by atoms with Crippen molar-refractivity contribution in [1.29, 1.82) is 0 Å². The molecule has 24 heavy (non-hydrogen) atoms. The van der Waals surface area contributed by atoms with Gasteiger partial charge in [-0.2, -0.15) is 5.10 Å². The van der Waals surface area contributed by atoms with Crippen LogP contribution in [0.4, 0.5) is 5.69 Å². The summed E-state index contributed by atoms with van der Waals surface area (Å²) in [5.41, 5.74) is 7.15. The zero-order valence-electron chi connectivity index (χ0n) is 13.5. The molecule has 3 aromatic rings. The molecular weight excluding hydrogens is 298 g/mol. The lowest BCUT2D eigenvalue weighted by molar-refractivity contribution is 0.649. The number of aryl methyl sites for hydroxylation is 1. The third-order valence-electron chi connectivity index (χ3n) is 3.42. The van der Waals surface area contributed by atoms with Gasteiger partial charge in [-0.05, 0) is 36.8 Å². The standard InChI is InChI=1S/C19H19N5/c1-16-9-11-18(12-10-16)21-20-13-5-8-19-15-24(23-22-19)14-17-6-3-2-4-7-17/h2-13,15,21H,14H2,1H3/b8-5+,20-13-. The van der Waals surface area contributed by atoms with E-state index >= 15 is 0 Å². The number of aromatic nitrogens is 3. The smallest absolute Gasteiger partial charge is 0.105 e. The van der Waals surface area contributed by atoms with Gasteiger partial charge in [0.05, 0.1) is 18.4 Å². The Morgan fingerprint density at radius 2 is 1.88 bits per heavy atom. The molecule has 1 N–H and O–H groups in total. The zero-order chi connectivity index (χ0) is 16.6. The summed E-state index contributed by atoms with van der Waals surface area (Å²) in [5.74, 6) is 0. The normalized spacial score (nSPS) is 11.4. The molecule has 0 radical (unpaired) electrons. The average Bonchev–Trinajstić information content (AvgIpc) is 3.04. The van der Waals surface area contributed by atoms with Gasteiger partial charge in [0, 0.05) is 6.21 Å². The van der Waals surface area contributed by atoms with Crippen molar-refractivity contribution in [1.82, 2.24) is 15.0 Å². The van der Waals surface area contributed by atoms with Crippen LogP contribution in [0.1, 0.15) is 16.8 Å². The Hall–Kier alpha value is -3.21. The molecule has 0 spiro atoms. The first-order chi connectivity index (χ1) is 11.8. The predicted octanol–water partition coefficient (Wildman–Crippen LogP) is 3.75. The highest BCUT2D eigenvalue weighted by Gasteiger charge is 1.98. The first-order valence-corrected chi connectivity index (χ1v) is 7.76. The number of allylic oxidation sites excluding steroid dienone is 1. The van der Waals surface area contributed by atoms with E-state index in [1.165, 1.54) is 11.1 Å². The molecule has 5 heteroatoms. The second-order valence-electron chi connectivity index (χ2n) is 5.44. The quantitative estimate of drug-likeness (QED) is 0.556. The number of benzene rings is 2. The van der Waals surface area contributed by atoms with Gasteiger partial charge in [-0.1, -0.05) is 53.2 Å². The summed E-state index contributed by atoms with van der Waals surface area (Å²) in [6.07, 6.45) is 7.30. The fraction of sp³-hybridized carbons (Fsp3) is 0.105. The highest BCUT2D eigenvalue weighted by molar-refractivity contribution is 5.78. The van der Waals surface area contributed by atoms with Gasteiger partial charge in [0.2, 0.25) is 0 Å². The molecule has 0 bridgehead atoms. The van der Waals surface area contributed by atoms with E-state index in [1.54, 1.807) is 6.21 Å². The van der Waals surface area contributed by atoms with Crippen LogP contribution in [0.3, 0.4) is 0 Å². The number of hydrogen-bond acceptors (Lipinski definition) is 4. The van der Waals surface area contributed by atoms with Crippen LogP contribution >= 0.6 is 0 Å². The lowest BCUT2D eigenvalue weighted by Gasteiger charge is -1.99. The predicted molar refractivity (Wildman–Crippen MR) is 97.9 cm³/mol. The molecule has 1 heterocycles.